The first-order valence-electron chi connectivity index (χ1n) is 5.44. The van der Waals surface area contributed by atoms with Crippen LogP contribution in [-0.2, 0) is 6.42 Å². The predicted molar refractivity (Wildman–Crippen MR) is 65.1 cm³/mol. The highest BCUT2D eigenvalue weighted by Gasteiger charge is 2.28. The molecule has 1 aromatic rings. The highest BCUT2D eigenvalue weighted by molar-refractivity contribution is 6.30. The predicted octanol–water partition coefficient (Wildman–Crippen LogP) is 3.68. The van der Waals surface area contributed by atoms with Gasteiger partial charge in [0.25, 0.3) is 0 Å². The molecule has 0 aromatic heterocycles. The van der Waals surface area contributed by atoms with Gasteiger partial charge in [-0.15, -0.1) is 0 Å². The van der Waals surface area contributed by atoms with E-state index in [1.54, 1.807) is 12.1 Å². The first-order valence-corrected chi connectivity index (χ1v) is 5.81. The van der Waals surface area contributed by atoms with E-state index in [2.05, 4.69) is 0 Å². The molecular weight excluding hydrogens is 227 g/mol. The summed E-state index contributed by atoms with van der Waals surface area (Å²) in [5.41, 5.74) is 0.309. The molecule has 1 atom stereocenters. The summed E-state index contributed by atoms with van der Waals surface area (Å²) >= 11 is 5.70. The first kappa shape index (κ1) is 13.5. The fraction of sp³-hybridized carbons (Fsp3) is 0.538. The molecule has 0 aliphatic rings. The third-order valence-corrected chi connectivity index (χ3v) is 3.60. The third kappa shape index (κ3) is 2.96. The molecule has 0 amide bonds. The minimum Gasteiger partial charge on any atom is -0.396 e. The molecule has 1 N–H and O–H groups in total. The minimum absolute atomic E-state index is 0.0483. The molecule has 0 radical (unpaired) electrons. The summed E-state index contributed by atoms with van der Waals surface area (Å²) in [6.45, 7) is 6.08. The van der Waals surface area contributed by atoms with Crippen molar-refractivity contribution in [3.05, 3.63) is 34.6 Å². The maximum atomic E-state index is 13.6. The molecule has 0 aliphatic heterocycles. The van der Waals surface area contributed by atoms with Crippen molar-refractivity contribution < 1.29 is 9.50 Å². The van der Waals surface area contributed by atoms with E-state index in [0.717, 1.165) is 0 Å². The second kappa shape index (κ2) is 5.15. The minimum atomic E-state index is -0.298. The molecule has 0 bridgehead atoms. The second-order valence-corrected chi connectivity index (χ2v) is 5.32. The van der Waals surface area contributed by atoms with Crippen LogP contribution in [0.4, 0.5) is 4.39 Å². The smallest absolute Gasteiger partial charge is 0.127 e. The highest BCUT2D eigenvalue weighted by Crippen LogP contribution is 2.32. The van der Waals surface area contributed by atoms with Crippen molar-refractivity contribution in [1.82, 2.24) is 0 Å². The van der Waals surface area contributed by atoms with Crippen molar-refractivity contribution in [2.45, 2.75) is 27.2 Å². The van der Waals surface area contributed by atoms with E-state index in [0.29, 0.717) is 17.0 Å². The molecule has 0 fully saturated rings. The van der Waals surface area contributed by atoms with Crippen molar-refractivity contribution >= 4 is 11.6 Å². The number of aliphatic hydroxyl groups excluding tert-OH is 1. The Morgan fingerprint density at radius 3 is 2.50 bits per heavy atom. The monoisotopic (exact) mass is 244 g/mol. The molecule has 90 valence electrons. The van der Waals surface area contributed by atoms with Crippen LogP contribution < -0.4 is 0 Å². The van der Waals surface area contributed by atoms with E-state index in [1.807, 2.05) is 20.8 Å². The van der Waals surface area contributed by atoms with Crippen molar-refractivity contribution in [2.75, 3.05) is 6.61 Å². The maximum absolute atomic E-state index is 13.6. The zero-order valence-corrected chi connectivity index (χ0v) is 10.7. The average molecular weight is 245 g/mol. The van der Waals surface area contributed by atoms with Crippen LogP contribution in [0.15, 0.2) is 18.2 Å². The van der Waals surface area contributed by atoms with Gasteiger partial charge in [0.05, 0.1) is 0 Å². The Balaban J connectivity index is 2.95. The van der Waals surface area contributed by atoms with E-state index in [4.69, 9.17) is 11.6 Å². The van der Waals surface area contributed by atoms with Crippen LogP contribution in [-0.4, -0.2) is 11.7 Å². The van der Waals surface area contributed by atoms with Crippen LogP contribution in [0.3, 0.4) is 0 Å². The van der Waals surface area contributed by atoms with E-state index >= 15 is 0 Å². The largest absolute Gasteiger partial charge is 0.396 e. The van der Waals surface area contributed by atoms with Gasteiger partial charge in [-0.3, -0.25) is 0 Å². The van der Waals surface area contributed by atoms with Crippen molar-refractivity contribution in [1.29, 1.82) is 0 Å². The van der Waals surface area contributed by atoms with E-state index in [-0.39, 0.29) is 23.8 Å². The molecule has 0 spiro atoms. The molecule has 3 heteroatoms. The quantitative estimate of drug-likeness (QED) is 0.857. The Bertz CT molecular complexity index is 365. The molecule has 0 heterocycles. The highest BCUT2D eigenvalue weighted by atomic mass is 35.5. The van der Waals surface area contributed by atoms with Crippen LogP contribution in [0.25, 0.3) is 0 Å². The SMILES string of the molecule is CC(C)C(C)(CO)Cc1ccc(Cl)cc1F. The lowest BCUT2D eigenvalue weighted by Crippen LogP contribution is -2.30. The van der Waals surface area contributed by atoms with E-state index < -0.39 is 0 Å². The van der Waals surface area contributed by atoms with Crippen molar-refractivity contribution in [3.63, 3.8) is 0 Å². The lowest BCUT2D eigenvalue weighted by molar-refractivity contribution is 0.0939. The summed E-state index contributed by atoms with van der Waals surface area (Å²) in [6, 6.07) is 4.68. The van der Waals surface area contributed by atoms with Crippen LogP contribution in [0.2, 0.25) is 5.02 Å². The van der Waals surface area contributed by atoms with Gasteiger partial charge in [0.1, 0.15) is 5.82 Å². The molecular formula is C13H18ClFO. The van der Waals surface area contributed by atoms with Crippen molar-refractivity contribution in [2.24, 2.45) is 11.3 Å². The summed E-state index contributed by atoms with van der Waals surface area (Å²) < 4.78 is 13.6. The van der Waals surface area contributed by atoms with Gasteiger partial charge in [-0.05, 0) is 35.4 Å². The van der Waals surface area contributed by atoms with E-state index in [9.17, 15) is 9.50 Å². The Hall–Kier alpha value is -0.600. The molecule has 1 rings (SSSR count). The number of rotatable bonds is 4. The van der Waals surface area contributed by atoms with Gasteiger partial charge in [-0.2, -0.15) is 0 Å². The molecule has 1 unspecified atom stereocenters. The summed E-state index contributed by atoms with van der Waals surface area (Å²) in [5, 5.41) is 9.81. The zero-order chi connectivity index (χ0) is 12.3. The lowest BCUT2D eigenvalue weighted by Gasteiger charge is -2.32. The van der Waals surface area contributed by atoms with Crippen LogP contribution in [0.1, 0.15) is 26.3 Å². The summed E-state index contributed by atoms with van der Waals surface area (Å²) in [7, 11) is 0. The number of halogens is 2. The first-order chi connectivity index (χ1) is 7.39. The topological polar surface area (TPSA) is 20.2 Å². The maximum Gasteiger partial charge on any atom is 0.127 e. The molecule has 0 saturated heterocycles. The van der Waals surface area contributed by atoms with E-state index in [1.165, 1.54) is 6.07 Å². The third-order valence-electron chi connectivity index (χ3n) is 3.36. The average Bonchev–Trinajstić information content (AvgIpc) is 2.22. The Morgan fingerprint density at radius 2 is 2.06 bits per heavy atom. The summed E-state index contributed by atoms with van der Waals surface area (Å²) in [4.78, 5) is 0. The molecule has 0 saturated carbocycles. The standard InChI is InChI=1S/C13H18ClFO/c1-9(2)13(3,8-16)7-10-4-5-11(14)6-12(10)15/h4-6,9,16H,7-8H2,1-3H3. The Labute approximate surface area is 101 Å². The van der Waals surface area contributed by atoms with Gasteiger partial charge in [0.2, 0.25) is 0 Å². The fourth-order valence-electron chi connectivity index (χ4n) is 1.54. The second-order valence-electron chi connectivity index (χ2n) is 4.88. The molecule has 0 aliphatic carbocycles. The number of benzene rings is 1. The van der Waals surface area contributed by atoms with Gasteiger partial charge in [-0.25, -0.2) is 4.39 Å². The number of hydrogen-bond acceptors (Lipinski definition) is 1. The van der Waals surface area contributed by atoms with Crippen molar-refractivity contribution in [3.8, 4) is 0 Å². The van der Waals surface area contributed by atoms with Gasteiger partial charge in [0.15, 0.2) is 0 Å². The van der Waals surface area contributed by atoms with Gasteiger partial charge in [0, 0.05) is 11.6 Å². The van der Waals surface area contributed by atoms with Crippen LogP contribution in [0, 0.1) is 17.2 Å². The number of hydrogen-bond donors (Lipinski definition) is 1. The summed E-state index contributed by atoms with van der Waals surface area (Å²) in [5.74, 6) is -0.0135. The molecule has 1 nitrogen and oxygen atoms in total. The Kier molecular flexibility index (Phi) is 4.34. The summed E-state index contributed by atoms with van der Waals surface area (Å²) in [6.07, 6.45) is 0.518. The zero-order valence-electron chi connectivity index (χ0n) is 9.93. The lowest BCUT2D eigenvalue weighted by atomic mass is 9.75. The van der Waals surface area contributed by atoms with Gasteiger partial charge in [-0.1, -0.05) is 38.4 Å². The normalized spacial score (nSPS) is 15.2. The van der Waals surface area contributed by atoms with Crippen LogP contribution >= 0.6 is 11.6 Å². The van der Waals surface area contributed by atoms with Gasteiger partial charge >= 0.3 is 0 Å². The fourth-order valence-corrected chi connectivity index (χ4v) is 1.70. The number of aliphatic hydroxyl groups is 1. The van der Waals surface area contributed by atoms with Gasteiger partial charge < -0.3 is 5.11 Å². The molecule has 1 aromatic carbocycles. The molecule has 16 heavy (non-hydrogen) atoms. The Morgan fingerprint density at radius 1 is 1.44 bits per heavy atom. The van der Waals surface area contributed by atoms with Crippen LogP contribution in [0.5, 0.6) is 0 Å².